The summed E-state index contributed by atoms with van der Waals surface area (Å²) < 4.78 is 0. The smallest absolute Gasteiger partial charge is 0.141 e. The van der Waals surface area contributed by atoms with Crippen LogP contribution in [0.5, 0.6) is 0 Å². The van der Waals surface area contributed by atoms with Gasteiger partial charge in [-0.2, -0.15) is 0 Å². The van der Waals surface area contributed by atoms with Gasteiger partial charge in [-0.3, -0.25) is 4.79 Å². The van der Waals surface area contributed by atoms with Crippen molar-refractivity contribution < 1.29 is 4.79 Å². The van der Waals surface area contributed by atoms with Crippen LogP contribution < -0.4 is 0 Å². The van der Waals surface area contributed by atoms with E-state index in [1.807, 2.05) is 0 Å². The fourth-order valence-electron chi connectivity index (χ4n) is 1.94. The molecule has 0 heterocycles. The fourth-order valence-corrected chi connectivity index (χ4v) is 1.94. The van der Waals surface area contributed by atoms with Gasteiger partial charge in [-0.15, -0.1) is 0 Å². The molecule has 0 aromatic heterocycles. The summed E-state index contributed by atoms with van der Waals surface area (Å²) in [5, 5.41) is 0. The van der Waals surface area contributed by atoms with Crippen LogP contribution in [0.3, 0.4) is 0 Å². The Bertz CT molecular complexity index is 174. The number of hydrogen-bond acceptors (Lipinski definition) is 1. The second-order valence-corrected chi connectivity index (χ2v) is 5.02. The molecule has 2 unspecified atom stereocenters. The van der Waals surface area contributed by atoms with E-state index in [1.165, 1.54) is 0 Å². The Morgan fingerprint density at radius 3 is 1.82 bits per heavy atom. The maximum Gasteiger partial charge on any atom is 0.141 e. The molecule has 1 aliphatic carbocycles. The number of carbonyl (C=O) groups is 1. The van der Waals surface area contributed by atoms with Crippen molar-refractivity contribution in [2.75, 3.05) is 0 Å². The van der Waals surface area contributed by atoms with Gasteiger partial charge in [0.1, 0.15) is 5.78 Å². The lowest BCUT2D eigenvalue weighted by Gasteiger charge is -2.16. The first-order valence-electron chi connectivity index (χ1n) is 4.39. The molecule has 1 aliphatic rings. The minimum Gasteiger partial charge on any atom is -0.299 e. The summed E-state index contributed by atoms with van der Waals surface area (Å²) >= 11 is 0. The molecule has 0 amide bonds. The highest BCUT2D eigenvalue weighted by Crippen LogP contribution is 2.50. The highest BCUT2D eigenvalue weighted by Gasteiger charge is 2.56. The summed E-state index contributed by atoms with van der Waals surface area (Å²) in [6, 6.07) is 0. The lowest BCUT2D eigenvalue weighted by molar-refractivity contribution is -0.113. The van der Waals surface area contributed by atoms with Crippen molar-refractivity contribution in [1.29, 1.82) is 0 Å². The van der Waals surface area contributed by atoms with E-state index >= 15 is 0 Å². The summed E-state index contributed by atoms with van der Waals surface area (Å²) in [7, 11) is 0. The molecular formula is C10H18O. The average Bonchev–Trinajstić information content (AvgIpc) is 2.38. The SMILES string of the molecule is CC(C)C1C(=O)C1C(C)(C)C. The van der Waals surface area contributed by atoms with Crippen molar-refractivity contribution in [2.24, 2.45) is 23.2 Å². The van der Waals surface area contributed by atoms with E-state index in [-0.39, 0.29) is 5.41 Å². The molecule has 0 aliphatic heterocycles. The molecule has 1 fully saturated rings. The van der Waals surface area contributed by atoms with Crippen LogP contribution >= 0.6 is 0 Å². The number of rotatable bonds is 1. The van der Waals surface area contributed by atoms with E-state index in [2.05, 4.69) is 34.6 Å². The molecule has 1 rings (SSSR count). The zero-order chi connectivity index (χ0) is 8.81. The van der Waals surface area contributed by atoms with Gasteiger partial charge >= 0.3 is 0 Å². The number of Topliss-reactive ketones (excluding diaryl/α,β-unsaturated/α-hetero) is 1. The maximum atomic E-state index is 11.3. The molecule has 0 aromatic rings. The monoisotopic (exact) mass is 154 g/mol. The first kappa shape index (κ1) is 8.76. The standard InChI is InChI=1S/C10H18O/c1-6(2)7-8(9(7)11)10(3,4)5/h6-8H,1-5H3. The molecule has 1 heteroatoms. The molecule has 0 spiro atoms. The van der Waals surface area contributed by atoms with E-state index in [1.54, 1.807) is 0 Å². The van der Waals surface area contributed by atoms with Crippen molar-refractivity contribution in [1.82, 2.24) is 0 Å². The third-order valence-electron chi connectivity index (χ3n) is 2.54. The minimum atomic E-state index is 0.187. The number of hydrogen-bond donors (Lipinski definition) is 0. The van der Waals surface area contributed by atoms with E-state index in [0.29, 0.717) is 23.5 Å². The van der Waals surface area contributed by atoms with Crippen LogP contribution in [0.4, 0.5) is 0 Å². The molecular weight excluding hydrogens is 136 g/mol. The Morgan fingerprint density at radius 2 is 1.73 bits per heavy atom. The summed E-state index contributed by atoms with van der Waals surface area (Å²) in [6.45, 7) is 10.7. The van der Waals surface area contributed by atoms with Gasteiger partial charge in [0.15, 0.2) is 0 Å². The molecule has 2 atom stereocenters. The predicted molar refractivity (Wildman–Crippen MR) is 46.3 cm³/mol. The van der Waals surface area contributed by atoms with Gasteiger partial charge in [-0.1, -0.05) is 34.6 Å². The maximum absolute atomic E-state index is 11.3. The molecule has 64 valence electrons. The highest BCUT2D eigenvalue weighted by molar-refractivity contribution is 6.00. The zero-order valence-corrected chi connectivity index (χ0v) is 8.14. The summed E-state index contributed by atoms with van der Waals surface area (Å²) in [5.74, 6) is 1.71. The molecule has 0 aromatic carbocycles. The molecule has 0 N–H and O–H groups in total. The van der Waals surface area contributed by atoms with Crippen LogP contribution in [0.25, 0.3) is 0 Å². The summed E-state index contributed by atoms with van der Waals surface area (Å²) in [6.07, 6.45) is 0. The van der Waals surface area contributed by atoms with Gasteiger partial charge < -0.3 is 0 Å². The predicted octanol–water partition coefficient (Wildman–Crippen LogP) is 2.50. The van der Waals surface area contributed by atoms with Crippen molar-refractivity contribution in [3.8, 4) is 0 Å². The van der Waals surface area contributed by atoms with Crippen molar-refractivity contribution in [3.63, 3.8) is 0 Å². The summed E-state index contributed by atoms with van der Waals surface area (Å²) in [4.78, 5) is 11.3. The Balaban J connectivity index is 2.62. The molecule has 11 heavy (non-hydrogen) atoms. The normalized spacial score (nSPS) is 31.3. The number of carbonyl (C=O) groups excluding carboxylic acids is 1. The third-order valence-corrected chi connectivity index (χ3v) is 2.54. The lowest BCUT2D eigenvalue weighted by Crippen LogP contribution is -2.11. The summed E-state index contributed by atoms with van der Waals surface area (Å²) in [5.41, 5.74) is 0.187. The Hall–Kier alpha value is -0.330. The van der Waals surface area contributed by atoms with Crippen molar-refractivity contribution in [2.45, 2.75) is 34.6 Å². The average molecular weight is 154 g/mol. The van der Waals surface area contributed by atoms with Crippen LogP contribution in [0.2, 0.25) is 0 Å². The van der Waals surface area contributed by atoms with E-state index in [9.17, 15) is 4.79 Å². The van der Waals surface area contributed by atoms with Gasteiger partial charge in [-0.25, -0.2) is 0 Å². The highest BCUT2D eigenvalue weighted by atomic mass is 16.1. The third kappa shape index (κ3) is 1.47. The zero-order valence-electron chi connectivity index (χ0n) is 8.14. The van der Waals surface area contributed by atoms with Crippen LogP contribution in [0, 0.1) is 23.2 Å². The van der Waals surface area contributed by atoms with Crippen molar-refractivity contribution >= 4 is 5.78 Å². The Morgan fingerprint density at radius 1 is 1.27 bits per heavy atom. The van der Waals surface area contributed by atoms with E-state index in [4.69, 9.17) is 0 Å². The first-order chi connectivity index (χ1) is 4.85. The lowest BCUT2D eigenvalue weighted by atomic mass is 9.87. The Labute approximate surface area is 69.2 Å². The van der Waals surface area contributed by atoms with Crippen LogP contribution in [-0.4, -0.2) is 5.78 Å². The largest absolute Gasteiger partial charge is 0.299 e. The van der Waals surface area contributed by atoms with Crippen LogP contribution in [0.15, 0.2) is 0 Å². The van der Waals surface area contributed by atoms with Gasteiger partial charge in [0.25, 0.3) is 0 Å². The molecule has 0 radical (unpaired) electrons. The van der Waals surface area contributed by atoms with Gasteiger partial charge in [0.05, 0.1) is 0 Å². The second-order valence-electron chi connectivity index (χ2n) is 5.02. The fraction of sp³-hybridized carbons (Fsp3) is 0.900. The quantitative estimate of drug-likeness (QED) is 0.567. The first-order valence-corrected chi connectivity index (χ1v) is 4.39. The van der Waals surface area contributed by atoms with Crippen molar-refractivity contribution in [3.05, 3.63) is 0 Å². The Kier molecular flexibility index (Phi) is 1.85. The topological polar surface area (TPSA) is 17.1 Å². The molecule has 0 bridgehead atoms. The van der Waals surface area contributed by atoms with Gasteiger partial charge in [-0.05, 0) is 11.3 Å². The van der Waals surface area contributed by atoms with Crippen LogP contribution in [0.1, 0.15) is 34.6 Å². The minimum absolute atomic E-state index is 0.187. The second kappa shape index (κ2) is 2.33. The van der Waals surface area contributed by atoms with Crippen LogP contribution in [-0.2, 0) is 4.79 Å². The van der Waals surface area contributed by atoms with Gasteiger partial charge in [0, 0.05) is 11.8 Å². The molecule has 1 saturated carbocycles. The van der Waals surface area contributed by atoms with E-state index in [0.717, 1.165) is 0 Å². The number of ketones is 1. The molecule has 1 nitrogen and oxygen atoms in total. The van der Waals surface area contributed by atoms with Gasteiger partial charge in [0.2, 0.25) is 0 Å². The van der Waals surface area contributed by atoms with E-state index < -0.39 is 0 Å². The molecule has 0 saturated heterocycles.